The van der Waals surface area contributed by atoms with Crippen LogP contribution >= 0.6 is 23.2 Å². The number of carbonyl (C=O) groups is 1. The lowest BCUT2D eigenvalue weighted by Gasteiger charge is -2.39. The van der Waals surface area contributed by atoms with Gasteiger partial charge in [0.2, 0.25) is 11.8 Å². The highest BCUT2D eigenvalue weighted by Gasteiger charge is 2.54. The molecule has 13 heteroatoms. The molecular formula is C40H36Cl2F2N6O3. The number of hydrogen-bond donors (Lipinski definition) is 2. The van der Waals surface area contributed by atoms with E-state index in [1.54, 1.807) is 54.4 Å². The van der Waals surface area contributed by atoms with Gasteiger partial charge in [0.25, 0.3) is 0 Å². The number of alkyl halides is 1. The number of amides is 1. The maximum Gasteiger partial charge on any atom is 0.226 e. The zero-order valence-corrected chi connectivity index (χ0v) is 30.3. The van der Waals surface area contributed by atoms with Crippen LogP contribution in [-0.4, -0.2) is 61.9 Å². The number of nitrogens with one attached hydrogen (secondary N) is 1. The van der Waals surface area contributed by atoms with Crippen LogP contribution in [0.15, 0.2) is 54.7 Å². The van der Waals surface area contributed by atoms with Gasteiger partial charge in [-0.15, -0.1) is 0 Å². The fourth-order valence-corrected chi connectivity index (χ4v) is 9.23. The zero-order valence-electron chi connectivity index (χ0n) is 28.8. The predicted molar refractivity (Wildman–Crippen MR) is 197 cm³/mol. The fourth-order valence-electron chi connectivity index (χ4n) is 8.83. The smallest absolute Gasteiger partial charge is 0.226 e. The minimum absolute atomic E-state index is 0.0103. The van der Waals surface area contributed by atoms with Gasteiger partial charge in [-0.3, -0.25) is 4.79 Å². The first-order valence-electron chi connectivity index (χ1n) is 18.1. The highest BCUT2D eigenvalue weighted by molar-refractivity contribution is 6.43. The van der Waals surface area contributed by atoms with Crippen molar-refractivity contribution in [1.29, 1.82) is 5.26 Å². The molecule has 0 radical (unpaired) electrons. The van der Waals surface area contributed by atoms with Crippen LogP contribution in [-0.2, 0) is 11.2 Å². The third-order valence-corrected chi connectivity index (χ3v) is 12.3. The Morgan fingerprint density at radius 3 is 2.70 bits per heavy atom. The second-order valence-corrected chi connectivity index (χ2v) is 15.5. The Balaban J connectivity index is 1.32. The summed E-state index contributed by atoms with van der Waals surface area (Å²) in [4.78, 5) is 24.6. The summed E-state index contributed by atoms with van der Waals surface area (Å²) < 4.78 is 42.8. The first-order valence-corrected chi connectivity index (χ1v) is 18.9. The van der Waals surface area contributed by atoms with Crippen molar-refractivity contribution in [3.8, 4) is 23.1 Å². The van der Waals surface area contributed by atoms with Gasteiger partial charge in [-0.1, -0.05) is 41.4 Å². The summed E-state index contributed by atoms with van der Waals surface area (Å²) >= 11 is 13.1. The van der Waals surface area contributed by atoms with E-state index in [0.29, 0.717) is 33.1 Å². The lowest BCUT2D eigenvalue weighted by atomic mass is 9.79. The molecule has 10 rings (SSSR count). The number of pyridine rings is 2. The number of ether oxygens (including phenoxy) is 1. The summed E-state index contributed by atoms with van der Waals surface area (Å²) in [6.45, 7) is 2.37. The van der Waals surface area contributed by atoms with E-state index in [9.17, 15) is 15.2 Å². The van der Waals surface area contributed by atoms with Crippen LogP contribution < -0.4 is 10.1 Å². The van der Waals surface area contributed by atoms with Crippen molar-refractivity contribution >= 4 is 50.9 Å². The van der Waals surface area contributed by atoms with E-state index in [4.69, 9.17) is 32.9 Å². The van der Waals surface area contributed by atoms with E-state index in [2.05, 4.69) is 20.9 Å². The molecule has 3 aliphatic heterocycles. The number of benzene rings is 2. The maximum atomic E-state index is 17.3. The largest absolute Gasteiger partial charge is 0.469 e. The Morgan fingerprint density at radius 1 is 1.19 bits per heavy atom. The number of halogens is 4. The van der Waals surface area contributed by atoms with Crippen molar-refractivity contribution in [1.82, 2.24) is 24.8 Å². The monoisotopic (exact) mass is 756 g/mol. The van der Waals surface area contributed by atoms with Crippen molar-refractivity contribution in [2.75, 3.05) is 13.1 Å². The molecule has 2 saturated carbocycles. The summed E-state index contributed by atoms with van der Waals surface area (Å²) in [6, 6.07) is 15.0. The van der Waals surface area contributed by atoms with E-state index >= 15 is 8.78 Å². The molecule has 1 amide bonds. The van der Waals surface area contributed by atoms with Crippen LogP contribution in [0.4, 0.5) is 8.78 Å². The van der Waals surface area contributed by atoms with E-state index in [1.807, 2.05) is 12.1 Å². The van der Waals surface area contributed by atoms with Gasteiger partial charge < -0.3 is 24.6 Å². The van der Waals surface area contributed by atoms with Gasteiger partial charge in [0.15, 0.2) is 18.1 Å². The lowest BCUT2D eigenvalue weighted by molar-refractivity contribution is -0.134. The molecule has 7 atom stereocenters. The SMILES string of the molecule is C[C@@H](O)c1nc2c(F)c(-c3cccc(Cl)c3Cl)c(CCC#N)cc2c2c1cc([C@H]1[C@@H](F)[C@H](Oc3ccccn3)CN1C(=O)C1CC1)n2[C@H]1[C@H]2CN[C@@H]1C2. The Hall–Kier alpha value is -4.34. The molecule has 53 heavy (non-hydrogen) atoms. The molecule has 5 aromatic rings. The van der Waals surface area contributed by atoms with Crippen molar-refractivity contribution in [3.05, 3.63) is 87.5 Å². The lowest BCUT2D eigenvalue weighted by Crippen LogP contribution is -2.41. The number of aromatic nitrogens is 3. The van der Waals surface area contributed by atoms with Crippen molar-refractivity contribution in [2.24, 2.45) is 11.8 Å². The van der Waals surface area contributed by atoms with Crippen LogP contribution in [0.2, 0.25) is 10.0 Å². The molecule has 2 N–H and O–H groups in total. The third-order valence-electron chi connectivity index (χ3n) is 11.5. The van der Waals surface area contributed by atoms with E-state index in [1.165, 1.54) is 0 Å². The topological polar surface area (TPSA) is 116 Å². The molecule has 5 fully saturated rings. The Labute approximate surface area is 314 Å². The third kappa shape index (κ3) is 5.56. The second-order valence-electron chi connectivity index (χ2n) is 14.7. The van der Waals surface area contributed by atoms with Crippen LogP contribution in [0, 0.1) is 29.0 Å². The normalized spacial score (nSPS) is 25.5. The molecule has 3 aromatic heterocycles. The van der Waals surface area contributed by atoms with Crippen LogP contribution in [0.25, 0.3) is 32.9 Å². The van der Waals surface area contributed by atoms with Gasteiger partial charge in [0.05, 0.1) is 46.0 Å². The number of hydrogen-bond acceptors (Lipinski definition) is 7. The molecule has 0 spiro atoms. The van der Waals surface area contributed by atoms with E-state index in [0.717, 1.165) is 25.8 Å². The molecule has 6 heterocycles. The number of rotatable bonds is 9. The van der Waals surface area contributed by atoms with E-state index in [-0.39, 0.29) is 81.9 Å². The van der Waals surface area contributed by atoms with Gasteiger partial charge in [0, 0.05) is 64.8 Å². The summed E-state index contributed by atoms with van der Waals surface area (Å²) in [5.41, 5.74) is 2.48. The Kier molecular flexibility index (Phi) is 8.58. The number of aliphatic hydroxyl groups is 1. The number of carbonyl (C=O) groups excluding carboxylic acids is 1. The van der Waals surface area contributed by atoms with Crippen molar-refractivity contribution in [2.45, 2.75) is 75.5 Å². The minimum atomic E-state index is -1.62. The molecule has 9 nitrogen and oxygen atoms in total. The minimum Gasteiger partial charge on any atom is -0.469 e. The van der Waals surface area contributed by atoms with Crippen molar-refractivity contribution < 1.29 is 23.4 Å². The summed E-state index contributed by atoms with van der Waals surface area (Å²) in [7, 11) is 0. The highest BCUT2D eigenvalue weighted by atomic mass is 35.5. The second kappa shape index (κ2) is 13.2. The van der Waals surface area contributed by atoms with Crippen LogP contribution in [0.1, 0.15) is 67.7 Å². The first kappa shape index (κ1) is 34.4. The summed E-state index contributed by atoms with van der Waals surface area (Å²) in [6.07, 6.45) is 0.601. The summed E-state index contributed by atoms with van der Waals surface area (Å²) in [5, 5.41) is 25.9. The van der Waals surface area contributed by atoms with Gasteiger partial charge >= 0.3 is 0 Å². The van der Waals surface area contributed by atoms with Crippen LogP contribution in [0.3, 0.4) is 0 Å². The van der Waals surface area contributed by atoms with Gasteiger partial charge in [-0.05, 0) is 68.4 Å². The quantitative estimate of drug-likeness (QED) is 0.158. The molecule has 3 saturated heterocycles. The highest BCUT2D eigenvalue weighted by Crippen LogP contribution is 2.52. The van der Waals surface area contributed by atoms with Gasteiger partial charge in [0.1, 0.15) is 11.6 Å². The number of nitrogens with zero attached hydrogens (tertiary/aromatic N) is 5. The Morgan fingerprint density at radius 2 is 2.02 bits per heavy atom. The summed E-state index contributed by atoms with van der Waals surface area (Å²) in [5.74, 6) is -0.479. The number of aliphatic hydroxyl groups excluding tert-OH is 1. The molecule has 272 valence electrons. The standard InChI is InChI=1S/C40H36Cl2F2N6O3/c1-19(51)35-25-16-28(39-33(43)29(53-30-9-2-3-13-46-30)18-49(39)40(52)20-10-11-20)50(37-22-15-27(37)47-17-22)38(25)24-14-21(6-5-12-45)31(34(44)36(24)48-35)23-7-4-8-26(41)32(23)42/h2-4,7-9,13-14,16,19-20,22,27,29,33,37,39,47,51H,5-6,10-11,15,17-18H2,1H3/t19-,22-,27-,29-,33+,37+,39+/m1/s1. The first-order chi connectivity index (χ1) is 25.7. The maximum absolute atomic E-state index is 17.3. The Bertz CT molecular complexity index is 2310. The number of nitriles is 1. The average molecular weight is 758 g/mol. The molecule has 0 unspecified atom stereocenters. The fraction of sp³-hybridized carbons (Fsp3) is 0.400. The van der Waals surface area contributed by atoms with Gasteiger partial charge in [-0.2, -0.15) is 5.26 Å². The molecule has 2 bridgehead atoms. The van der Waals surface area contributed by atoms with Crippen molar-refractivity contribution in [3.63, 3.8) is 0 Å². The number of aryl methyl sites for hydroxylation is 1. The molecule has 5 aliphatic rings. The molecule has 2 aliphatic carbocycles. The van der Waals surface area contributed by atoms with E-state index < -0.39 is 30.2 Å². The molecule has 2 aromatic carbocycles. The predicted octanol–water partition coefficient (Wildman–Crippen LogP) is 7.82. The molecular weight excluding hydrogens is 721 g/mol. The van der Waals surface area contributed by atoms with Gasteiger partial charge in [-0.25, -0.2) is 18.7 Å². The van der Waals surface area contributed by atoms with Crippen LogP contribution in [0.5, 0.6) is 5.88 Å². The average Bonchev–Trinajstić information content (AvgIpc) is 3.40. The number of fused-ring (bicyclic) bond motifs is 4. The zero-order chi connectivity index (χ0) is 36.7. The number of likely N-dealkylation sites (tertiary alicyclic amines) is 1.